The van der Waals surface area contributed by atoms with Crippen molar-refractivity contribution in [3.63, 3.8) is 0 Å². The van der Waals surface area contributed by atoms with Gasteiger partial charge in [-0.2, -0.15) is 0 Å². The topological polar surface area (TPSA) is 88.3 Å². The predicted octanol–water partition coefficient (Wildman–Crippen LogP) is 1.45. The van der Waals surface area contributed by atoms with Crippen molar-refractivity contribution in [2.75, 3.05) is 18.0 Å². The summed E-state index contributed by atoms with van der Waals surface area (Å²) in [7, 11) is 0. The third-order valence-corrected chi connectivity index (χ3v) is 5.66. The Bertz CT molecular complexity index is 574. The standard InChI is InChI=1S/C16H24N4O2S/c17-9-11-4-1-2-5-13(11)19-14(21)8-12-10-23-16(18-12)20-7-3-6-15(20)22/h10-11,13H,1-9,17H2,(H,19,21). The Morgan fingerprint density at radius 3 is 2.96 bits per heavy atom. The molecule has 23 heavy (non-hydrogen) atoms. The first kappa shape index (κ1) is 16.4. The highest BCUT2D eigenvalue weighted by Crippen LogP contribution is 2.26. The molecule has 0 bridgehead atoms. The summed E-state index contributed by atoms with van der Waals surface area (Å²) < 4.78 is 0. The fraction of sp³-hybridized carbons (Fsp3) is 0.688. The molecule has 2 atom stereocenters. The summed E-state index contributed by atoms with van der Waals surface area (Å²) in [5.41, 5.74) is 6.55. The Labute approximate surface area is 140 Å². The van der Waals surface area contributed by atoms with Crippen LogP contribution in [0, 0.1) is 5.92 Å². The minimum Gasteiger partial charge on any atom is -0.353 e. The predicted molar refractivity (Wildman–Crippen MR) is 90.3 cm³/mol. The van der Waals surface area contributed by atoms with Gasteiger partial charge in [-0.05, 0) is 31.7 Å². The summed E-state index contributed by atoms with van der Waals surface area (Å²) in [6.45, 7) is 1.36. The minimum absolute atomic E-state index is 0.0000477. The van der Waals surface area contributed by atoms with Gasteiger partial charge < -0.3 is 11.1 Å². The lowest BCUT2D eigenvalue weighted by atomic mass is 9.84. The zero-order valence-electron chi connectivity index (χ0n) is 13.3. The van der Waals surface area contributed by atoms with Crippen LogP contribution >= 0.6 is 11.3 Å². The molecular formula is C16H24N4O2S. The number of hydrogen-bond acceptors (Lipinski definition) is 5. The number of thiazole rings is 1. The lowest BCUT2D eigenvalue weighted by Crippen LogP contribution is -2.45. The van der Waals surface area contributed by atoms with Crippen LogP contribution in [-0.2, 0) is 16.0 Å². The van der Waals surface area contributed by atoms with Gasteiger partial charge in [0.2, 0.25) is 11.8 Å². The van der Waals surface area contributed by atoms with E-state index in [9.17, 15) is 9.59 Å². The Morgan fingerprint density at radius 1 is 1.39 bits per heavy atom. The number of carbonyl (C=O) groups excluding carboxylic acids is 2. The second-order valence-corrected chi connectivity index (χ2v) is 7.24. The van der Waals surface area contributed by atoms with Crippen molar-refractivity contribution < 1.29 is 9.59 Å². The van der Waals surface area contributed by atoms with Gasteiger partial charge in [-0.25, -0.2) is 4.98 Å². The summed E-state index contributed by atoms with van der Waals surface area (Å²) in [6, 6.07) is 0.194. The third-order valence-electron chi connectivity index (χ3n) is 4.74. The Morgan fingerprint density at radius 2 is 2.22 bits per heavy atom. The van der Waals surface area contributed by atoms with Crippen molar-refractivity contribution in [2.45, 2.75) is 51.0 Å². The summed E-state index contributed by atoms with van der Waals surface area (Å²) in [6.07, 6.45) is 6.21. The molecule has 2 fully saturated rings. The molecule has 1 aliphatic heterocycles. The number of nitrogens with zero attached hydrogens (tertiary/aromatic N) is 2. The van der Waals surface area contributed by atoms with Crippen molar-refractivity contribution in [2.24, 2.45) is 11.7 Å². The summed E-state index contributed by atoms with van der Waals surface area (Å²) in [5, 5.41) is 5.71. The molecule has 2 amide bonds. The minimum atomic E-state index is -0.0000477. The van der Waals surface area contributed by atoms with Crippen LogP contribution in [0.5, 0.6) is 0 Å². The van der Waals surface area contributed by atoms with Gasteiger partial charge in [0.25, 0.3) is 0 Å². The van der Waals surface area contributed by atoms with Gasteiger partial charge in [0.05, 0.1) is 12.1 Å². The van der Waals surface area contributed by atoms with Crippen LogP contribution in [0.15, 0.2) is 5.38 Å². The summed E-state index contributed by atoms with van der Waals surface area (Å²) in [5.74, 6) is 0.518. The van der Waals surface area contributed by atoms with E-state index in [0.29, 0.717) is 24.0 Å². The number of aromatic nitrogens is 1. The van der Waals surface area contributed by atoms with Crippen molar-refractivity contribution in [1.82, 2.24) is 10.3 Å². The zero-order valence-corrected chi connectivity index (χ0v) is 14.1. The van der Waals surface area contributed by atoms with Crippen LogP contribution in [0.2, 0.25) is 0 Å². The van der Waals surface area contributed by atoms with Gasteiger partial charge in [0.1, 0.15) is 0 Å². The molecule has 3 rings (SSSR count). The quantitative estimate of drug-likeness (QED) is 0.852. The van der Waals surface area contributed by atoms with E-state index in [2.05, 4.69) is 10.3 Å². The molecule has 7 heteroatoms. The molecule has 2 heterocycles. The lowest BCUT2D eigenvalue weighted by molar-refractivity contribution is -0.121. The van der Waals surface area contributed by atoms with E-state index in [1.54, 1.807) is 4.90 Å². The molecule has 3 N–H and O–H groups in total. The second-order valence-electron chi connectivity index (χ2n) is 6.40. The number of nitrogens with one attached hydrogen (secondary N) is 1. The van der Waals surface area contributed by atoms with Gasteiger partial charge in [-0.1, -0.05) is 12.8 Å². The van der Waals surface area contributed by atoms with Crippen molar-refractivity contribution >= 4 is 28.3 Å². The van der Waals surface area contributed by atoms with E-state index >= 15 is 0 Å². The summed E-state index contributed by atoms with van der Waals surface area (Å²) >= 11 is 1.44. The van der Waals surface area contributed by atoms with Gasteiger partial charge in [-0.15, -0.1) is 11.3 Å². The first-order valence-electron chi connectivity index (χ1n) is 8.41. The number of hydrogen-bond donors (Lipinski definition) is 2. The number of rotatable bonds is 5. The molecule has 2 unspecified atom stereocenters. The van der Waals surface area contributed by atoms with Crippen molar-refractivity contribution in [1.29, 1.82) is 0 Å². The van der Waals surface area contributed by atoms with Gasteiger partial charge in [0.15, 0.2) is 5.13 Å². The Hall–Kier alpha value is -1.47. The average Bonchev–Trinajstić information content (AvgIpc) is 3.16. The van der Waals surface area contributed by atoms with E-state index in [-0.39, 0.29) is 24.3 Å². The molecule has 0 aromatic carbocycles. The van der Waals surface area contributed by atoms with Crippen LogP contribution in [0.4, 0.5) is 5.13 Å². The number of amides is 2. The maximum Gasteiger partial charge on any atom is 0.228 e. The van der Waals surface area contributed by atoms with Crippen molar-refractivity contribution in [3.8, 4) is 0 Å². The molecule has 0 spiro atoms. The van der Waals surface area contributed by atoms with E-state index in [4.69, 9.17) is 5.73 Å². The van der Waals surface area contributed by atoms with E-state index in [0.717, 1.165) is 37.9 Å². The highest BCUT2D eigenvalue weighted by molar-refractivity contribution is 7.14. The van der Waals surface area contributed by atoms with E-state index in [1.807, 2.05) is 5.38 Å². The molecule has 2 aliphatic rings. The van der Waals surface area contributed by atoms with Gasteiger partial charge in [0, 0.05) is 24.4 Å². The number of nitrogens with two attached hydrogens (primary N) is 1. The molecule has 1 aromatic heterocycles. The molecule has 126 valence electrons. The molecule has 1 saturated heterocycles. The van der Waals surface area contributed by atoms with Crippen LogP contribution in [0.3, 0.4) is 0 Å². The van der Waals surface area contributed by atoms with Crippen molar-refractivity contribution in [3.05, 3.63) is 11.1 Å². The van der Waals surface area contributed by atoms with Crippen LogP contribution < -0.4 is 16.0 Å². The zero-order chi connectivity index (χ0) is 16.2. The third kappa shape index (κ3) is 3.90. The Kier molecular flexibility index (Phi) is 5.27. The normalized spacial score (nSPS) is 24.9. The first-order chi connectivity index (χ1) is 11.2. The smallest absolute Gasteiger partial charge is 0.228 e. The number of anilines is 1. The molecule has 0 radical (unpaired) electrons. The molecule has 1 aromatic rings. The van der Waals surface area contributed by atoms with Crippen LogP contribution in [0.1, 0.15) is 44.2 Å². The fourth-order valence-electron chi connectivity index (χ4n) is 3.45. The van der Waals surface area contributed by atoms with E-state index in [1.165, 1.54) is 17.8 Å². The van der Waals surface area contributed by atoms with E-state index < -0.39 is 0 Å². The largest absolute Gasteiger partial charge is 0.353 e. The highest BCUT2D eigenvalue weighted by atomic mass is 32.1. The summed E-state index contributed by atoms with van der Waals surface area (Å²) in [4.78, 5) is 30.2. The number of carbonyl (C=O) groups is 2. The highest BCUT2D eigenvalue weighted by Gasteiger charge is 2.26. The average molecular weight is 336 g/mol. The van der Waals surface area contributed by atoms with Crippen LogP contribution in [-0.4, -0.2) is 35.9 Å². The lowest BCUT2D eigenvalue weighted by Gasteiger charge is -2.31. The monoisotopic (exact) mass is 336 g/mol. The molecular weight excluding hydrogens is 312 g/mol. The SMILES string of the molecule is NCC1CCCCC1NC(=O)Cc1csc(N2CCCC2=O)n1. The maximum atomic E-state index is 12.3. The fourth-order valence-corrected chi connectivity index (χ4v) is 4.32. The maximum absolute atomic E-state index is 12.3. The Balaban J connectivity index is 1.55. The van der Waals surface area contributed by atoms with Gasteiger partial charge in [-0.3, -0.25) is 14.5 Å². The molecule has 1 saturated carbocycles. The molecule has 1 aliphatic carbocycles. The molecule has 6 nitrogen and oxygen atoms in total. The first-order valence-corrected chi connectivity index (χ1v) is 9.29. The van der Waals surface area contributed by atoms with Gasteiger partial charge >= 0.3 is 0 Å². The second kappa shape index (κ2) is 7.40. The van der Waals surface area contributed by atoms with Crippen LogP contribution in [0.25, 0.3) is 0 Å².